The van der Waals surface area contributed by atoms with E-state index in [4.69, 9.17) is 14.2 Å². The quantitative estimate of drug-likeness (QED) is 0.0195. The summed E-state index contributed by atoms with van der Waals surface area (Å²) in [4.78, 5) is 25.1. The van der Waals surface area contributed by atoms with Gasteiger partial charge < -0.3 is 45.1 Å². The maximum absolute atomic E-state index is 13.1. The van der Waals surface area contributed by atoms with Crippen LogP contribution < -0.4 is 5.32 Å². The second-order valence-electron chi connectivity index (χ2n) is 26.0. The lowest BCUT2D eigenvalue weighted by Gasteiger charge is -2.40. The van der Waals surface area contributed by atoms with Gasteiger partial charge in [-0.25, -0.2) is 0 Å². The van der Waals surface area contributed by atoms with E-state index < -0.39 is 49.5 Å². The Balaban J connectivity index is 1.94. The number of rotatable bonds is 66. The molecule has 1 amide bonds. The van der Waals surface area contributed by atoms with Gasteiger partial charge in [0, 0.05) is 12.8 Å². The molecule has 0 radical (unpaired) electrons. The normalized spacial score (nSPS) is 18.1. The van der Waals surface area contributed by atoms with Crippen molar-refractivity contribution in [3.63, 3.8) is 0 Å². The predicted molar refractivity (Wildman–Crippen MR) is 366 cm³/mol. The van der Waals surface area contributed by atoms with Crippen LogP contribution in [0.1, 0.15) is 361 Å². The molecule has 0 spiro atoms. The number of allylic oxidation sites excluding steroid dienone is 7. The van der Waals surface area contributed by atoms with Gasteiger partial charge in [-0.1, -0.05) is 313 Å². The molecule has 7 unspecified atom stereocenters. The first-order chi connectivity index (χ1) is 42.7. The van der Waals surface area contributed by atoms with Crippen LogP contribution in [0.25, 0.3) is 0 Å². The predicted octanol–water partition coefficient (Wildman–Crippen LogP) is 19.5. The van der Waals surface area contributed by atoms with Gasteiger partial charge >= 0.3 is 5.97 Å². The molecule has 1 aliphatic heterocycles. The van der Waals surface area contributed by atoms with Gasteiger partial charge in [0.05, 0.1) is 32.0 Å². The van der Waals surface area contributed by atoms with Crippen LogP contribution in [0.15, 0.2) is 48.6 Å². The topological polar surface area (TPSA) is 175 Å². The van der Waals surface area contributed by atoms with E-state index in [0.29, 0.717) is 19.4 Å². The summed E-state index contributed by atoms with van der Waals surface area (Å²) in [7, 11) is 0. The Labute approximate surface area is 536 Å². The first-order valence-electron chi connectivity index (χ1n) is 37.4. The number of hydrogen-bond donors (Lipinski definition) is 6. The Morgan fingerprint density at radius 3 is 1.16 bits per heavy atom. The number of ether oxygens (including phenoxy) is 3. The summed E-state index contributed by atoms with van der Waals surface area (Å²) in [6, 6.07) is -0.832. The lowest BCUT2D eigenvalue weighted by molar-refractivity contribution is -0.302. The van der Waals surface area contributed by atoms with Crippen molar-refractivity contribution in [2.75, 3.05) is 19.8 Å². The van der Waals surface area contributed by atoms with Crippen LogP contribution in [0.5, 0.6) is 0 Å². The molecule has 1 saturated heterocycles. The Bertz CT molecular complexity index is 1580. The van der Waals surface area contributed by atoms with E-state index in [1.807, 2.05) is 6.08 Å². The highest BCUT2D eigenvalue weighted by Gasteiger charge is 2.44. The molecule has 0 aromatic heterocycles. The molecule has 7 atom stereocenters. The lowest BCUT2D eigenvalue weighted by Crippen LogP contribution is -2.60. The number of esters is 1. The molecule has 1 rings (SSSR count). The highest BCUT2D eigenvalue weighted by molar-refractivity contribution is 5.76. The summed E-state index contributed by atoms with van der Waals surface area (Å²) in [5.74, 6) is -0.179. The van der Waals surface area contributed by atoms with Crippen molar-refractivity contribution in [3.05, 3.63) is 48.6 Å². The molecule has 6 N–H and O–H groups in total. The number of carbonyl (C=O) groups is 2. The molecule has 510 valence electrons. The van der Waals surface area contributed by atoms with Crippen LogP contribution in [-0.4, -0.2) is 100 Å². The second kappa shape index (κ2) is 65.1. The van der Waals surface area contributed by atoms with Crippen LogP contribution >= 0.6 is 0 Å². The van der Waals surface area contributed by atoms with Gasteiger partial charge in [0.15, 0.2) is 6.29 Å². The zero-order chi connectivity index (χ0) is 63.0. The fourth-order valence-electron chi connectivity index (χ4n) is 11.8. The van der Waals surface area contributed by atoms with Gasteiger partial charge in [0.2, 0.25) is 5.91 Å². The molecular weight excluding hydrogens is 1090 g/mol. The molecule has 1 fully saturated rings. The average molecular weight is 1230 g/mol. The first kappa shape index (κ1) is 82.6. The summed E-state index contributed by atoms with van der Waals surface area (Å²) in [6.07, 6.45) is 75.6. The number of nitrogens with one attached hydrogen (secondary N) is 1. The van der Waals surface area contributed by atoms with Crippen LogP contribution in [0, 0.1) is 0 Å². The fraction of sp³-hybridized carbons (Fsp3) is 0.868. The summed E-state index contributed by atoms with van der Waals surface area (Å²) in [5.41, 5.74) is 0. The van der Waals surface area contributed by atoms with Crippen LogP contribution in [0.3, 0.4) is 0 Å². The largest absolute Gasteiger partial charge is 0.466 e. The Kier molecular flexibility index (Phi) is 61.9. The highest BCUT2D eigenvalue weighted by atomic mass is 16.7. The number of amides is 1. The Hall–Kier alpha value is -2.38. The van der Waals surface area contributed by atoms with E-state index in [9.17, 15) is 35.1 Å². The van der Waals surface area contributed by atoms with Gasteiger partial charge in [-0.05, 0) is 83.5 Å². The van der Waals surface area contributed by atoms with Gasteiger partial charge in [0.1, 0.15) is 24.4 Å². The SMILES string of the molecule is CCCCC/C=C/CC/C=C/CC/C=C/C(O)C(COC1OC(CO)C(O)C(O)C1O)NC(=O)CCCCCCCCCCCCCCCCCCC/C=C\CCCCCCCCCCCCCCCCOC(=O)CCCCCCCCCCCCC. The number of aliphatic hydroxyl groups is 5. The monoisotopic (exact) mass is 1230 g/mol. The first-order valence-corrected chi connectivity index (χ1v) is 37.4. The third kappa shape index (κ3) is 53.9. The Morgan fingerprint density at radius 2 is 0.747 bits per heavy atom. The standard InChI is InChI=1S/C76H141NO10/c1-3-5-7-9-11-13-15-39-43-46-50-54-58-62-69(79)68(67-86-76-75(84)74(83)73(82)70(66-78)87-76)77-71(80)63-59-55-51-47-44-40-37-35-33-31-29-27-25-23-21-19-17-16-18-20-22-24-26-28-30-32-34-36-38-41-45-49-53-57-61-65-85-72(81)64-60-56-52-48-42-14-12-10-8-6-4-2/h11,13,18,20,43,46,58,62,68-70,73-76,78-79,82-84H,3-10,12,14-17,19,21-42,44-45,47-57,59-61,63-67H2,1-2H3,(H,77,80)/b13-11+,20-18-,46-43+,62-58+. The summed E-state index contributed by atoms with van der Waals surface area (Å²) < 4.78 is 16.7. The van der Waals surface area contributed by atoms with E-state index >= 15 is 0 Å². The average Bonchev–Trinajstić information content (AvgIpc) is 3.11. The number of carbonyl (C=O) groups excluding carboxylic acids is 2. The molecule has 1 heterocycles. The minimum Gasteiger partial charge on any atom is -0.466 e. The minimum absolute atomic E-state index is 0.0131. The van der Waals surface area contributed by atoms with Crippen LogP contribution in [0.2, 0.25) is 0 Å². The van der Waals surface area contributed by atoms with Crippen molar-refractivity contribution in [2.45, 2.75) is 403 Å². The number of hydrogen-bond acceptors (Lipinski definition) is 10. The highest BCUT2D eigenvalue weighted by Crippen LogP contribution is 2.23. The lowest BCUT2D eigenvalue weighted by atomic mass is 9.99. The summed E-state index contributed by atoms with van der Waals surface area (Å²) in [6.45, 7) is 4.32. The molecule has 11 heteroatoms. The van der Waals surface area contributed by atoms with Gasteiger partial charge in [0.25, 0.3) is 0 Å². The molecule has 0 aromatic rings. The number of unbranched alkanes of at least 4 members (excludes halogenated alkanes) is 46. The Morgan fingerprint density at radius 1 is 0.414 bits per heavy atom. The van der Waals surface area contributed by atoms with Crippen molar-refractivity contribution in [2.24, 2.45) is 0 Å². The van der Waals surface area contributed by atoms with E-state index in [0.717, 1.165) is 64.2 Å². The van der Waals surface area contributed by atoms with E-state index in [-0.39, 0.29) is 18.5 Å². The van der Waals surface area contributed by atoms with E-state index in [1.165, 1.54) is 270 Å². The summed E-state index contributed by atoms with van der Waals surface area (Å²) >= 11 is 0. The van der Waals surface area contributed by atoms with Crippen molar-refractivity contribution >= 4 is 11.9 Å². The number of aliphatic hydroxyl groups excluding tert-OH is 5. The smallest absolute Gasteiger partial charge is 0.305 e. The van der Waals surface area contributed by atoms with Crippen molar-refractivity contribution < 1.29 is 49.3 Å². The molecule has 0 aromatic carbocycles. The van der Waals surface area contributed by atoms with Gasteiger partial charge in [-0.15, -0.1) is 0 Å². The molecule has 11 nitrogen and oxygen atoms in total. The third-order valence-corrected chi connectivity index (χ3v) is 17.6. The zero-order valence-corrected chi connectivity index (χ0v) is 56.7. The maximum Gasteiger partial charge on any atom is 0.305 e. The van der Waals surface area contributed by atoms with E-state index in [1.54, 1.807) is 6.08 Å². The van der Waals surface area contributed by atoms with Crippen molar-refractivity contribution in [1.82, 2.24) is 5.32 Å². The van der Waals surface area contributed by atoms with E-state index in [2.05, 4.69) is 55.6 Å². The van der Waals surface area contributed by atoms with Crippen LogP contribution in [0.4, 0.5) is 0 Å². The molecule has 0 bridgehead atoms. The molecular formula is C76H141NO10. The molecule has 1 aliphatic rings. The van der Waals surface area contributed by atoms with Crippen molar-refractivity contribution in [1.29, 1.82) is 0 Å². The molecule has 87 heavy (non-hydrogen) atoms. The van der Waals surface area contributed by atoms with Crippen LogP contribution in [-0.2, 0) is 23.8 Å². The summed E-state index contributed by atoms with van der Waals surface area (Å²) in [5, 5.41) is 54.5. The fourth-order valence-corrected chi connectivity index (χ4v) is 11.8. The maximum atomic E-state index is 13.1. The van der Waals surface area contributed by atoms with Gasteiger partial charge in [-0.3, -0.25) is 9.59 Å². The zero-order valence-electron chi connectivity index (χ0n) is 56.7. The second-order valence-corrected chi connectivity index (χ2v) is 26.0. The molecule has 0 saturated carbocycles. The minimum atomic E-state index is -1.58. The van der Waals surface area contributed by atoms with Crippen molar-refractivity contribution in [3.8, 4) is 0 Å². The van der Waals surface area contributed by atoms with Gasteiger partial charge in [-0.2, -0.15) is 0 Å². The third-order valence-electron chi connectivity index (χ3n) is 17.6. The molecule has 0 aliphatic carbocycles.